The van der Waals surface area contributed by atoms with Crippen LogP contribution in [0.1, 0.15) is 12.5 Å². The SMILES string of the molecule is CCn1c(SCC(=O)Nc2ccc(C)c(F)c2)nnc1-c1cc2ccccc2o1. The van der Waals surface area contributed by atoms with Gasteiger partial charge >= 0.3 is 0 Å². The molecular weight excluding hydrogens is 391 g/mol. The Balaban J connectivity index is 1.48. The summed E-state index contributed by atoms with van der Waals surface area (Å²) in [4.78, 5) is 12.2. The van der Waals surface area contributed by atoms with Crippen LogP contribution in [0.5, 0.6) is 0 Å². The molecule has 0 saturated heterocycles. The number of fused-ring (bicyclic) bond motifs is 1. The molecule has 0 bridgehead atoms. The molecule has 0 saturated carbocycles. The Labute approximate surface area is 171 Å². The second-order valence-electron chi connectivity index (χ2n) is 6.50. The normalized spacial score (nSPS) is 11.1. The molecule has 0 aliphatic carbocycles. The largest absolute Gasteiger partial charge is 0.453 e. The van der Waals surface area contributed by atoms with E-state index in [1.807, 2.05) is 41.8 Å². The zero-order chi connectivity index (χ0) is 20.4. The second-order valence-corrected chi connectivity index (χ2v) is 7.44. The van der Waals surface area contributed by atoms with Crippen molar-refractivity contribution in [3.63, 3.8) is 0 Å². The average Bonchev–Trinajstić information content (AvgIpc) is 3.32. The van der Waals surface area contributed by atoms with Crippen molar-refractivity contribution in [2.75, 3.05) is 11.1 Å². The van der Waals surface area contributed by atoms with Crippen molar-refractivity contribution in [2.45, 2.75) is 25.5 Å². The van der Waals surface area contributed by atoms with Crippen LogP contribution in [0.25, 0.3) is 22.6 Å². The minimum Gasteiger partial charge on any atom is -0.453 e. The van der Waals surface area contributed by atoms with E-state index in [1.165, 1.54) is 17.8 Å². The minimum absolute atomic E-state index is 0.133. The van der Waals surface area contributed by atoms with Gasteiger partial charge in [0.15, 0.2) is 10.9 Å². The molecule has 1 N–H and O–H groups in total. The Bertz CT molecular complexity index is 1150. The van der Waals surface area contributed by atoms with Gasteiger partial charge in [0.2, 0.25) is 11.7 Å². The molecule has 29 heavy (non-hydrogen) atoms. The predicted molar refractivity (Wildman–Crippen MR) is 111 cm³/mol. The Morgan fingerprint density at radius 3 is 2.79 bits per heavy atom. The summed E-state index contributed by atoms with van der Waals surface area (Å²) in [6.45, 7) is 4.29. The summed E-state index contributed by atoms with van der Waals surface area (Å²) < 4.78 is 21.4. The van der Waals surface area contributed by atoms with Crippen molar-refractivity contribution in [3.05, 3.63) is 59.9 Å². The summed E-state index contributed by atoms with van der Waals surface area (Å²) in [5.41, 5.74) is 1.75. The molecule has 0 aliphatic heterocycles. The first-order chi connectivity index (χ1) is 14.0. The number of furan rings is 1. The molecule has 0 fully saturated rings. The lowest BCUT2D eigenvalue weighted by atomic mass is 10.2. The predicted octanol–water partition coefficient (Wildman–Crippen LogP) is 4.89. The third-order valence-corrected chi connectivity index (χ3v) is 5.43. The summed E-state index contributed by atoms with van der Waals surface area (Å²) in [6.07, 6.45) is 0. The number of hydrogen-bond donors (Lipinski definition) is 1. The summed E-state index contributed by atoms with van der Waals surface area (Å²) in [6, 6.07) is 14.3. The summed E-state index contributed by atoms with van der Waals surface area (Å²) >= 11 is 1.27. The van der Waals surface area contributed by atoms with Crippen LogP contribution in [0.3, 0.4) is 0 Å². The van der Waals surface area contributed by atoms with E-state index >= 15 is 0 Å². The first-order valence-corrected chi connectivity index (χ1v) is 10.1. The van der Waals surface area contributed by atoms with Crippen molar-refractivity contribution < 1.29 is 13.6 Å². The van der Waals surface area contributed by atoms with E-state index in [1.54, 1.807) is 19.1 Å². The number of halogens is 1. The maximum Gasteiger partial charge on any atom is 0.234 e. The average molecular weight is 410 g/mol. The molecule has 6 nitrogen and oxygen atoms in total. The van der Waals surface area contributed by atoms with Gasteiger partial charge < -0.3 is 9.73 Å². The van der Waals surface area contributed by atoms with E-state index in [9.17, 15) is 9.18 Å². The van der Waals surface area contributed by atoms with Gasteiger partial charge in [-0.3, -0.25) is 9.36 Å². The zero-order valence-electron chi connectivity index (χ0n) is 16.0. The maximum absolute atomic E-state index is 13.6. The van der Waals surface area contributed by atoms with Crippen LogP contribution in [-0.4, -0.2) is 26.4 Å². The molecule has 4 aromatic rings. The van der Waals surface area contributed by atoms with Crippen LogP contribution in [0.2, 0.25) is 0 Å². The number of nitrogens with one attached hydrogen (secondary N) is 1. The fourth-order valence-corrected chi connectivity index (χ4v) is 3.75. The third-order valence-electron chi connectivity index (χ3n) is 4.47. The lowest BCUT2D eigenvalue weighted by Crippen LogP contribution is -2.14. The summed E-state index contributed by atoms with van der Waals surface area (Å²) in [5.74, 6) is 0.790. The number of rotatable bonds is 6. The van der Waals surface area contributed by atoms with Gasteiger partial charge in [0.05, 0.1) is 5.75 Å². The van der Waals surface area contributed by atoms with Crippen molar-refractivity contribution >= 4 is 34.3 Å². The minimum atomic E-state index is -0.350. The Kier molecular flexibility index (Phi) is 5.35. The molecule has 4 rings (SSSR count). The highest BCUT2D eigenvalue weighted by Crippen LogP contribution is 2.29. The zero-order valence-corrected chi connectivity index (χ0v) is 16.8. The van der Waals surface area contributed by atoms with E-state index < -0.39 is 0 Å². The number of benzene rings is 2. The number of thioether (sulfide) groups is 1. The number of anilines is 1. The fourth-order valence-electron chi connectivity index (χ4n) is 2.95. The molecule has 8 heteroatoms. The molecular formula is C21H19FN4O2S. The molecule has 0 unspecified atom stereocenters. The lowest BCUT2D eigenvalue weighted by Gasteiger charge is -2.07. The van der Waals surface area contributed by atoms with Crippen molar-refractivity contribution in [1.82, 2.24) is 14.8 Å². The fraction of sp³-hybridized carbons (Fsp3) is 0.190. The summed E-state index contributed by atoms with van der Waals surface area (Å²) in [7, 11) is 0. The number of aromatic nitrogens is 3. The maximum atomic E-state index is 13.6. The van der Waals surface area contributed by atoms with Crippen molar-refractivity contribution in [3.8, 4) is 11.6 Å². The van der Waals surface area contributed by atoms with Crippen molar-refractivity contribution in [2.24, 2.45) is 0 Å². The smallest absolute Gasteiger partial charge is 0.234 e. The van der Waals surface area contributed by atoms with Crippen LogP contribution in [0.15, 0.2) is 58.1 Å². The van der Waals surface area contributed by atoms with E-state index in [0.29, 0.717) is 34.5 Å². The van der Waals surface area contributed by atoms with E-state index in [-0.39, 0.29) is 17.5 Å². The van der Waals surface area contributed by atoms with Gasteiger partial charge in [0.25, 0.3) is 0 Å². The lowest BCUT2D eigenvalue weighted by molar-refractivity contribution is -0.113. The van der Waals surface area contributed by atoms with Crippen LogP contribution in [-0.2, 0) is 11.3 Å². The monoisotopic (exact) mass is 410 g/mol. The second kappa shape index (κ2) is 8.08. The first-order valence-electron chi connectivity index (χ1n) is 9.16. The molecule has 1 amide bonds. The summed E-state index contributed by atoms with van der Waals surface area (Å²) in [5, 5.41) is 12.8. The third kappa shape index (κ3) is 4.02. The molecule has 2 aromatic carbocycles. The number of carbonyl (C=O) groups is 1. The number of nitrogens with zero attached hydrogens (tertiary/aromatic N) is 3. The number of aryl methyl sites for hydroxylation is 1. The molecule has 0 radical (unpaired) electrons. The standard InChI is InChI=1S/C21H19FN4O2S/c1-3-26-20(18-10-14-6-4-5-7-17(14)28-18)24-25-21(26)29-12-19(27)23-15-9-8-13(2)16(22)11-15/h4-11H,3,12H2,1-2H3,(H,23,27). The van der Waals surface area contributed by atoms with Gasteiger partial charge in [-0.2, -0.15) is 0 Å². The van der Waals surface area contributed by atoms with E-state index in [4.69, 9.17) is 4.42 Å². The van der Waals surface area contributed by atoms with Crippen molar-refractivity contribution in [1.29, 1.82) is 0 Å². The van der Waals surface area contributed by atoms with Crippen LogP contribution < -0.4 is 5.32 Å². The Morgan fingerprint density at radius 2 is 2.03 bits per heavy atom. The van der Waals surface area contributed by atoms with Crippen LogP contribution in [0.4, 0.5) is 10.1 Å². The first kappa shape index (κ1) is 19.2. The molecule has 2 aromatic heterocycles. The highest BCUT2D eigenvalue weighted by Gasteiger charge is 2.18. The van der Waals surface area contributed by atoms with Gasteiger partial charge in [-0.1, -0.05) is 36.0 Å². The number of amides is 1. The Morgan fingerprint density at radius 1 is 1.21 bits per heavy atom. The Hall–Kier alpha value is -3.13. The molecule has 0 aliphatic rings. The number of carbonyl (C=O) groups excluding carboxylic acids is 1. The highest BCUT2D eigenvalue weighted by molar-refractivity contribution is 7.99. The van der Waals surface area contributed by atoms with Gasteiger partial charge in [0, 0.05) is 17.6 Å². The quantitative estimate of drug-likeness (QED) is 0.458. The molecule has 148 valence electrons. The molecule has 0 spiro atoms. The van der Waals surface area contributed by atoms with Gasteiger partial charge in [-0.05, 0) is 43.7 Å². The number of hydrogen-bond acceptors (Lipinski definition) is 5. The van der Waals surface area contributed by atoms with Crippen LogP contribution >= 0.6 is 11.8 Å². The number of para-hydroxylation sites is 1. The van der Waals surface area contributed by atoms with E-state index in [0.717, 1.165) is 11.0 Å². The molecule has 2 heterocycles. The van der Waals surface area contributed by atoms with E-state index in [2.05, 4.69) is 15.5 Å². The van der Waals surface area contributed by atoms with Gasteiger partial charge in [0.1, 0.15) is 11.4 Å². The van der Waals surface area contributed by atoms with Gasteiger partial charge in [-0.25, -0.2) is 4.39 Å². The topological polar surface area (TPSA) is 73.0 Å². The highest BCUT2D eigenvalue weighted by atomic mass is 32.2. The molecule has 0 atom stereocenters. The van der Waals surface area contributed by atoms with Gasteiger partial charge in [-0.15, -0.1) is 10.2 Å². The van der Waals surface area contributed by atoms with Crippen LogP contribution in [0, 0.1) is 12.7 Å².